The minimum Gasteiger partial charge on any atom is -0.368 e. The first-order chi connectivity index (χ1) is 7.50. The summed E-state index contributed by atoms with van der Waals surface area (Å²) in [6.45, 7) is 4.06. The van der Waals surface area contributed by atoms with E-state index in [4.69, 9.17) is 18.0 Å². The van der Waals surface area contributed by atoms with Gasteiger partial charge in [0, 0.05) is 4.47 Å². The van der Waals surface area contributed by atoms with Gasteiger partial charge in [0.25, 0.3) is 0 Å². The quantitative estimate of drug-likeness (QED) is 0.796. The largest absolute Gasteiger partial charge is 0.368 e. The van der Waals surface area contributed by atoms with E-state index >= 15 is 0 Å². The van der Waals surface area contributed by atoms with Gasteiger partial charge in [-0.2, -0.15) is 0 Å². The molecule has 0 atom stereocenters. The summed E-state index contributed by atoms with van der Waals surface area (Å²) in [5.41, 5.74) is 8.99. The molecule has 1 aromatic heterocycles. The molecule has 0 aliphatic carbocycles. The average Bonchev–Trinajstić information content (AvgIpc) is 2.47. The molecule has 0 fully saturated rings. The summed E-state index contributed by atoms with van der Waals surface area (Å²) < 4.78 is 3.16. The van der Waals surface area contributed by atoms with Crippen LogP contribution < -0.4 is 5.73 Å². The Hall–Kier alpha value is -1.14. The number of halogens is 1. The van der Waals surface area contributed by atoms with Crippen molar-refractivity contribution >= 4 is 34.1 Å². The molecule has 0 amide bonds. The van der Waals surface area contributed by atoms with Crippen LogP contribution in [0.25, 0.3) is 5.69 Å². The number of nitrogens with two attached hydrogens (primary N) is 1. The maximum atomic E-state index is 5.78. The molecule has 0 aliphatic heterocycles. The van der Waals surface area contributed by atoms with Crippen molar-refractivity contribution in [3.8, 4) is 5.69 Å². The molecule has 1 aromatic carbocycles. The third-order valence-electron chi connectivity index (χ3n) is 2.32. The molecule has 0 saturated heterocycles. The Balaban J connectivity index is 2.79. The van der Waals surface area contributed by atoms with Crippen LogP contribution >= 0.6 is 28.1 Å². The number of anilines is 1. The van der Waals surface area contributed by atoms with Gasteiger partial charge in [-0.15, -0.1) is 5.10 Å². The van der Waals surface area contributed by atoms with E-state index in [9.17, 15) is 0 Å². The third-order valence-corrected chi connectivity index (χ3v) is 3.20. The van der Waals surface area contributed by atoms with Gasteiger partial charge in [-0.25, -0.2) is 5.10 Å². The van der Waals surface area contributed by atoms with Gasteiger partial charge < -0.3 is 5.73 Å². The molecule has 3 N–H and O–H groups in total. The molecule has 0 saturated carbocycles. The fraction of sp³-hybridized carbons (Fsp3) is 0.200. The topological polar surface area (TPSA) is 59.6 Å². The number of aromatic nitrogens is 3. The minimum atomic E-state index is 0.359. The molecule has 84 valence electrons. The molecule has 2 aromatic rings. The lowest BCUT2D eigenvalue weighted by molar-refractivity contribution is 1.01. The van der Waals surface area contributed by atoms with Gasteiger partial charge in [-0.1, -0.05) is 6.07 Å². The van der Waals surface area contributed by atoms with Crippen molar-refractivity contribution in [3.63, 3.8) is 0 Å². The summed E-state index contributed by atoms with van der Waals surface area (Å²) in [6.07, 6.45) is 0. The number of aromatic amines is 1. The summed E-state index contributed by atoms with van der Waals surface area (Å²) in [6, 6.07) is 4.10. The first-order valence-corrected chi connectivity index (χ1v) is 5.91. The smallest absolute Gasteiger partial charge is 0.225 e. The molecule has 0 spiro atoms. The van der Waals surface area contributed by atoms with E-state index in [0.29, 0.717) is 10.7 Å². The number of H-pyrrole nitrogens is 1. The maximum Gasteiger partial charge on any atom is 0.225 e. The lowest BCUT2D eigenvalue weighted by Crippen LogP contribution is -2.04. The minimum absolute atomic E-state index is 0.359. The van der Waals surface area contributed by atoms with Crippen LogP contribution in [0.2, 0.25) is 0 Å². The number of aryl methyl sites for hydroxylation is 2. The van der Waals surface area contributed by atoms with Crippen molar-refractivity contribution in [2.24, 2.45) is 0 Å². The van der Waals surface area contributed by atoms with Crippen molar-refractivity contribution < 1.29 is 0 Å². The van der Waals surface area contributed by atoms with Crippen molar-refractivity contribution in [1.29, 1.82) is 0 Å². The summed E-state index contributed by atoms with van der Waals surface area (Å²) in [4.78, 5) is 0. The zero-order valence-corrected chi connectivity index (χ0v) is 11.3. The molecule has 16 heavy (non-hydrogen) atoms. The number of hydrogen-bond donors (Lipinski definition) is 2. The Bertz CT molecular complexity index is 576. The van der Waals surface area contributed by atoms with E-state index in [2.05, 4.69) is 32.2 Å². The van der Waals surface area contributed by atoms with Crippen molar-refractivity contribution in [3.05, 3.63) is 32.5 Å². The summed E-state index contributed by atoms with van der Waals surface area (Å²) >= 11 is 8.67. The van der Waals surface area contributed by atoms with Crippen LogP contribution in [-0.4, -0.2) is 14.8 Å². The fourth-order valence-corrected chi connectivity index (χ4v) is 2.80. The Morgan fingerprint density at radius 2 is 2.12 bits per heavy atom. The van der Waals surface area contributed by atoms with Crippen molar-refractivity contribution in [1.82, 2.24) is 14.8 Å². The average molecular weight is 299 g/mol. The van der Waals surface area contributed by atoms with Gasteiger partial charge >= 0.3 is 0 Å². The van der Waals surface area contributed by atoms with Gasteiger partial charge in [0.2, 0.25) is 10.7 Å². The molecule has 0 bridgehead atoms. The van der Waals surface area contributed by atoms with Gasteiger partial charge in [0.05, 0.1) is 5.69 Å². The number of nitrogen functional groups attached to an aromatic ring is 1. The Morgan fingerprint density at radius 1 is 1.44 bits per heavy atom. The summed E-state index contributed by atoms with van der Waals surface area (Å²) in [5.74, 6) is 0.359. The second-order valence-electron chi connectivity index (χ2n) is 3.63. The van der Waals surface area contributed by atoms with Crippen LogP contribution in [0.15, 0.2) is 16.6 Å². The normalized spacial score (nSPS) is 10.7. The Morgan fingerprint density at radius 3 is 2.62 bits per heavy atom. The second kappa shape index (κ2) is 4.03. The third kappa shape index (κ3) is 1.78. The highest BCUT2D eigenvalue weighted by molar-refractivity contribution is 9.10. The van der Waals surface area contributed by atoms with Gasteiger partial charge in [-0.05, 0) is 59.2 Å². The van der Waals surface area contributed by atoms with E-state index < -0.39 is 0 Å². The lowest BCUT2D eigenvalue weighted by Gasteiger charge is -2.11. The highest BCUT2D eigenvalue weighted by atomic mass is 79.9. The molecule has 0 unspecified atom stereocenters. The molecular weight excluding hydrogens is 288 g/mol. The highest BCUT2D eigenvalue weighted by Crippen LogP contribution is 2.27. The zero-order chi connectivity index (χ0) is 11.9. The first-order valence-electron chi connectivity index (χ1n) is 4.70. The standard InChI is InChI=1S/C10H11BrN4S/c1-5-3-6(2)8(7(11)4-5)15-9(12)13-14-10(15)16/h3-4H,1-2H3,(H2,12,13)(H,14,16). The van der Waals surface area contributed by atoms with Crippen LogP contribution in [0, 0.1) is 18.6 Å². The van der Waals surface area contributed by atoms with Crippen LogP contribution in [0.3, 0.4) is 0 Å². The van der Waals surface area contributed by atoms with Gasteiger partial charge in [-0.3, -0.25) is 4.57 Å². The molecule has 1 heterocycles. The van der Waals surface area contributed by atoms with E-state index in [1.54, 1.807) is 4.57 Å². The number of nitrogens with one attached hydrogen (secondary N) is 1. The van der Waals surface area contributed by atoms with Crippen LogP contribution in [0.4, 0.5) is 5.95 Å². The van der Waals surface area contributed by atoms with Crippen molar-refractivity contribution in [2.45, 2.75) is 13.8 Å². The van der Waals surface area contributed by atoms with Crippen LogP contribution in [0.5, 0.6) is 0 Å². The predicted octanol–water partition coefficient (Wildman–Crippen LogP) is 2.89. The molecule has 4 nitrogen and oxygen atoms in total. The molecular formula is C10H11BrN4S. The van der Waals surface area contributed by atoms with Gasteiger partial charge in [0.15, 0.2) is 0 Å². The number of benzene rings is 1. The van der Waals surface area contributed by atoms with Crippen molar-refractivity contribution in [2.75, 3.05) is 5.73 Å². The van der Waals surface area contributed by atoms with E-state index in [1.807, 2.05) is 19.9 Å². The molecule has 0 aliphatic rings. The summed E-state index contributed by atoms with van der Waals surface area (Å²) in [7, 11) is 0. The second-order valence-corrected chi connectivity index (χ2v) is 4.88. The highest BCUT2D eigenvalue weighted by Gasteiger charge is 2.11. The van der Waals surface area contributed by atoms with Crippen LogP contribution in [0.1, 0.15) is 11.1 Å². The SMILES string of the molecule is Cc1cc(C)c(-n2c(N)n[nH]c2=S)c(Br)c1. The predicted molar refractivity (Wildman–Crippen MR) is 70.3 cm³/mol. The lowest BCUT2D eigenvalue weighted by atomic mass is 10.1. The Kier molecular flexibility index (Phi) is 2.86. The van der Waals surface area contributed by atoms with Crippen LogP contribution in [-0.2, 0) is 0 Å². The molecule has 0 radical (unpaired) electrons. The van der Waals surface area contributed by atoms with E-state index in [-0.39, 0.29) is 0 Å². The fourth-order valence-electron chi connectivity index (χ4n) is 1.72. The first kappa shape index (κ1) is 11.3. The molecule has 6 heteroatoms. The monoisotopic (exact) mass is 298 g/mol. The Labute approximate surface area is 107 Å². The number of nitrogens with zero attached hydrogens (tertiary/aromatic N) is 2. The van der Waals surface area contributed by atoms with Gasteiger partial charge in [0.1, 0.15) is 0 Å². The number of rotatable bonds is 1. The zero-order valence-electron chi connectivity index (χ0n) is 8.91. The van der Waals surface area contributed by atoms with E-state index in [0.717, 1.165) is 15.7 Å². The van der Waals surface area contributed by atoms with E-state index in [1.165, 1.54) is 5.56 Å². The number of hydrogen-bond acceptors (Lipinski definition) is 3. The summed E-state index contributed by atoms with van der Waals surface area (Å²) in [5, 5.41) is 6.57. The molecule has 2 rings (SSSR count). The maximum absolute atomic E-state index is 5.78.